The summed E-state index contributed by atoms with van der Waals surface area (Å²) < 4.78 is 49.1. The first-order chi connectivity index (χ1) is 16.8. The highest BCUT2D eigenvalue weighted by atomic mass is 35.5. The van der Waals surface area contributed by atoms with Gasteiger partial charge in [-0.3, -0.25) is 19.1 Å². The van der Waals surface area contributed by atoms with Gasteiger partial charge in [0.25, 0.3) is 5.56 Å². The summed E-state index contributed by atoms with van der Waals surface area (Å²) in [5.41, 5.74) is -3.81. The molecule has 3 N–H and O–H groups in total. The van der Waals surface area contributed by atoms with Gasteiger partial charge in [-0.1, -0.05) is 22.8 Å². The van der Waals surface area contributed by atoms with Gasteiger partial charge in [0.05, 0.1) is 6.10 Å². The number of H-pyrrole nitrogens is 1. The Kier molecular flexibility index (Phi) is 8.52. The molecule has 4 unspecified atom stereocenters. The standard InChI is InChI=1S/C21H24ClFN3O9P/c1-12(2)34-17(28)13(3)25-36(31)35-15-6-4-5-14(9-15)32-11-21(18(29)20(22,23)10-33-21)26-8-7-16(27)24-19(26)30/h4-9,12-13,18,29H,10-11H2,1-3H3,(H-,24,25,27,30,31)/p+1/t13-,18?,20?,21?/m0/s1. The van der Waals surface area contributed by atoms with Crippen LogP contribution in [0.5, 0.6) is 11.5 Å². The second-order valence-corrected chi connectivity index (χ2v) is 9.81. The molecule has 0 amide bonds. The van der Waals surface area contributed by atoms with Gasteiger partial charge >= 0.3 is 19.8 Å². The van der Waals surface area contributed by atoms with Crippen molar-refractivity contribution in [3.05, 3.63) is 57.4 Å². The van der Waals surface area contributed by atoms with Crippen LogP contribution in [0.15, 0.2) is 46.1 Å². The SMILES string of the molecule is CC(C)OC(=O)[C@H](C)N[P+](=O)Oc1cccc(OCC2(n3ccc(=O)[nH]c3=O)OCC(F)(Cl)C2O)c1. The minimum atomic E-state index is -2.73. The van der Waals surface area contributed by atoms with Crippen molar-refractivity contribution in [1.29, 1.82) is 0 Å². The molecule has 1 aromatic carbocycles. The number of nitrogens with zero attached hydrogens (tertiary/aromatic N) is 1. The predicted molar refractivity (Wildman–Crippen MR) is 125 cm³/mol. The molecule has 0 bridgehead atoms. The van der Waals surface area contributed by atoms with Crippen molar-refractivity contribution in [2.45, 2.75) is 49.9 Å². The number of hydrogen-bond donors (Lipinski definition) is 3. The lowest BCUT2D eigenvalue weighted by Crippen LogP contribution is -2.56. The number of carbonyl (C=O) groups excluding carboxylic acids is 1. The average molecular weight is 549 g/mol. The number of carbonyl (C=O) groups is 1. The maximum atomic E-state index is 14.6. The zero-order valence-electron chi connectivity index (χ0n) is 19.5. The van der Waals surface area contributed by atoms with Crippen molar-refractivity contribution in [2.24, 2.45) is 0 Å². The van der Waals surface area contributed by atoms with E-state index in [1.54, 1.807) is 13.8 Å². The van der Waals surface area contributed by atoms with E-state index in [1.807, 2.05) is 4.98 Å². The van der Waals surface area contributed by atoms with Gasteiger partial charge in [-0.05, 0) is 32.9 Å². The Bertz CT molecular complexity index is 1240. The van der Waals surface area contributed by atoms with Crippen molar-refractivity contribution in [1.82, 2.24) is 14.6 Å². The van der Waals surface area contributed by atoms with Crippen LogP contribution in [0, 0.1) is 0 Å². The largest absolute Gasteiger partial charge is 0.664 e. The minimum Gasteiger partial charge on any atom is -0.488 e. The summed E-state index contributed by atoms with van der Waals surface area (Å²) >= 11 is 5.71. The van der Waals surface area contributed by atoms with E-state index in [0.717, 1.165) is 16.8 Å². The Morgan fingerprint density at radius 3 is 2.67 bits per heavy atom. The van der Waals surface area contributed by atoms with Gasteiger partial charge in [-0.25, -0.2) is 13.7 Å². The molecule has 1 aliphatic heterocycles. The molecule has 2 aromatic rings. The minimum absolute atomic E-state index is 0.0888. The zero-order chi connectivity index (χ0) is 26.7. The van der Waals surface area contributed by atoms with Gasteiger partial charge in [0.15, 0.2) is 11.9 Å². The third-order valence-corrected chi connectivity index (χ3v) is 6.31. The van der Waals surface area contributed by atoms with Gasteiger partial charge in [0.1, 0.15) is 25.0 Å². The monoisotopic (exact) mass is 548 g/mol. The number of aliphatic hydroxyl groups is 1. The number of ether oxygens (including phenoxy) is 3. The molecule has 1 fully saturated rings. The van der Waals surface area contributed by atoms with E-state index < -0.39 is 61.6 Å². The van der Waals surface area contributed by atoms with Crippen molar-refractivity contribution >= 4 is 25.7 Å². The molecule has 36 heavy (non-hydrogen) atoms. The molecule has 1 saturated heterocycles. The number of nitrogens with one attached hydrogen (secondary N) is 2. The number of aromatic amines is 1. The van der Waals surface area contributed by atoms with Gasteiger partial charge in [-0.15, -0.1) is 0 Å². The van der Waals surface area contributed by atoms with E-state index in [0.29, 0.717) is 0 Å². The highest BCUT2D eigenvalue weighted by molar-refractivity contribution is 7.37. The number of halogens is 2. The second-order valence-electron chi connectivity index (χ2n) is 8.23. The molecule has 0 spiro atoms. The molecule has 1 aromatic heterocycles. The van der Waals surface area contributed by atoms with E-state index in [2.05, 4.69) is 5.09 Å². The third kappa shape index (κ3) is 6.29. The molecular weight excluding hydrogens is 524 g/mol. The molecular formula is C21H25ClFN3O9P+. The zero-order valence-corrected chi connectivity index (χ0v) is 21.1. The first-order valence-electron chi connectivity index (χ1n) is 10.7. The van der Waals surface area contributed by atoms with E-state index >= 15 is 0 Å². The van der Waals surface area contributed by atoms with Gasteiger partial charge in [0.2, 0.25) is 10.9 Å². The summed E-state index contributed by atoms with van der Waals surface area (Å²) in [5.74, 6) is -0.400. The maximum absolute atomic E-state index is 14.6. The second kappa shape index (κ2) is 11.1. The highest BCUT2D eigenvalue weighted by Crippen LogP contribution is 2.42. The van der Waals surface area contributed by atoms with Crippen molar-refractivity contribution in [2.75, 3.05) is 13.2 Å². The van der Waals surface area contributed by atoms with Crippen molar-refractivity contribution < 1.29 is 37.6 Å². The van der Waals surface area contributed by atoms with Gasteiger partial charge < -0.3 is 19.3 Å². The number of aromatic nitrogens is 2. The maximum Gasteiger partial charge on any atom is 0.664 e. The normalized spacial score (nSPS) is 24.9. The summed E-state index contributed by atoms with van der Waals surface area (Å²) in [6.45, 7) is 3.46. The Morgan fingerprint density at radius 2 is 2.06 bits per heavy atom. The smallest absolute Gasteiger partial charge is 0.488 e. The lowest BCUT2D eigenvalue weighted by molar-refractivity contribution is -0.148. The van der Waals surface area contributed by atoms with Crippen LogP contribution in [0.4, 0.5) is 4.39 Å². The first-order valence-corrected chi connectivity index (χ1v) is 12.3. The molecule has 3 rings (SSSR count). The molecule has 1 aliphatic rings. The summed E-state index contributed by atoms with van der Waals surface area (Å²) in [7, 11) is -2.53. The molecule has 2 heterocycles. The van der Waals surface area contributed by atoms with Crippen LogP contribution in [-0.2, 0) is 24.6 Å². The number of esters is 1. The van der Waals surface area contributed by atoms with Gasteiger partial charge in [-0.2, -0.15) is 0 Å². The molecule has 15 heteroatoms. The van der Waals surface area contributed by atoms with Crippen LogP contribution in [0.1, 0.15) is 20.8 Å². The molecule has 0 radical (unpaired) electrons. The fraction of sp³-hybridized carbons (Fsp3) is 0.476. The number of aliphatic hydroxyl groups excluding tert-OH is 1. The first kappa shape index (κ1) is 27.8. The van der Waals surface area contributed by atoms with Crippen LogP contribution in [-0.4, -0.2) is 57.2 Å². The van der Waals surface area contributed by atoms with E-state index in [1.165, 1.54) is 31.2 Å². The third-order valence-electron chi connectivity index (χ3n) is 5.02. The van der Waals surface area contributed by atoms with Crippen LogP contribution >= 0.6 is 19.8 Å². The fourth-order valence-electron chi connectivity index (χ4n) is 3.29. The van der Waals surface area contributed by atoms with E-state index in [-0.39, 0.29) is 17.6 Å². The number of hydrogen-bond acceptors (Lipinski definition) is 9. The Labute approximate surface area is 210 Å². The molecule has 196 valence electrons. The van der Waals surface area contributed by atoms with Crippen LogP contribution in [0.2, 0.25) is 0 Å². The van der Waals surface area contributed by atoms with Crippen molar-refractivity contribution in [3.8, 4) is 11.5 Å². The molecule has 12 nitrogen and oxygen atoms in total. The topological polar surface area (TPSA) is 158 Å². The summed E-state index contributed by atoms with van der Waals surface area (Å²) in [4.78, 5) is 37.7. The average Bonchev–Trinajstić information content (AvgIpc) is 3.02. The Hall–Kier alpha value is -2.83. The number of alkyl halides is 2. The quantitative estimate of drug-likeness (QED) is 0.226. The van der Waals surface area contributed by atoms with Crippen molar-refractivity contribution in [3.63, 3.8) is 0 Å². The lowest BCUT2D eigenvalue weighted by atomic mass is 10.1. The lowest BCUT2D eigenvalue weighted by Gasteiger charge is -2.33. The van der Waals surface area contributed by atoms with Crippen LogP contribution in [0.3, 0.4) is 0 Å². The summed E-state index contributed by atoms with van der Waals surface area (Å²) in [6.07, 6.45) is -1.37. The Balaban J connectivity index is 1.74. The predicted octanol–water partition coefficient (Wildman–Crippen LogP) is 1.53. The molecule has 0 aliphatic carbocycles. The molecule has 0 saturated carbocycles. The Morgan fingerprint density at radius 1 is 1.36 bits per heavy atom. The fourth-order valence-corrected chi connectivity index (χ4v) is 4.29. The molecule has 5 atom stereocenters. The van der Waals surface area contributed by atoms with Gasteiger partial charge in [0, 0.05) is 22.9 Å². The van der Waals surface area contributed by atoms with E-state index in [4.69, 9.17) is 30.3 Å². The van der Waals surface area contributed by atoms with Crippen LogP contribution < -0.4 is 25.6 Å². The number of benzene rings is 1. The summed E-state index contributed by atoms with van der Waals surface area (Å²) in [6, 6.07) is 5.86. The highest BCUT2D eigenvalue weighted by Gasteiger charge is 2.61. The van der Waals surface area contributed by atoms with Crippen LogP contribution in [0.25, 0.3) is 0 Å². The number of rotatable bonds is 10. The van der Waals surface area contributed by atoms with E-state index in [9.17, 15) is 28.4 Å². The summed E-state index contributed by atoms with van der Waals surface area (Å²) in [5, 5.41) is 10.3.